The molecule has 0 radical (unpaired) electrons. The monoisotopic (exact) mass is 270 g/mol. The molecule has 0 aliphatic rings. The maximum atomic E-state index is 11.5. The van der Waals surface area contributed by atoms with Crippen molar-refractivity contribution in [3.63, 3.8) is 0 Å². The number of nitrogens with one attached hydrogen (secondary N) is 1. The number of amides is 1. The molecule has 1 rings (SSSR count). The third-order valence-corrected chi connectivity index (χ3v) is 2.58. The SMILES string of the molecule is O=C(NCCCCCBr)c1cccnc1. The van der Waals surface area contributed by atoms with Gasteiger partial charge in [0.1, 0.15) is 0 Å². The van der Waals surface area contributed by atoms with E-state index in [-0.39, 0.29) is 5.91 Å². The summed E-state index contributed by atoms with van der Waals surface area (Å²) in [5.41, 5.74) is 0.623. The van der Waals surface area contributed by atoms with E-state index in [1.807, 2.05) is 0 Å². The first kappa shape index (κ1) is 12.2. The molecule has 0 saturated heterocycles. The number of aromatic nitrogens is 1. The van der Waals surface area contributed by atoms with Gasteiger partial charge in [0.05, 0.1) is 5.56 Å². The highest BCUT2D eigenvalue weighted by Crippen LogP contribution is 1.98. The zero-order valence-electron chi connectivity index (χ0n) is 8.58. The van der Waals surface area contributed by atoms with Gasteiger partial charge in [0, 0.05) is 24.3 Å². The summed E-state index contributed by atoms with van der Waals surface area (Å²) < 4.78 is 0. The molecule has 1 N–H and O–H groups in total. The van der Waals surface area contributed by atoms with Crippen molar-refractivity contribution in [1.82, 2.24) is 10.3 Å². The predicted molar refractivity (Wildman–Crippen MR) is 64.2 cm³/mol. The Morgan fingerprint density at radius 1 is 1.40 bits per heavy atom. The summed E-state index contributed by atoms with van der Waals surface area (Å²) in [6.07, 6.45) is 6.56. The zero-order valence-corrected chi connectivity index (χ0v) is 10.2. The number of rotatable bonds is 6. The molecule has 0 spiro atoms. The Balaban J connectivity index is 2.20. The Morgan fingerprint density at radius 2 is 2.27 bits per heavy atom. The van der Waals surface area contributed by atoms with Crippen molar-refractivity contribution in [2.24, 2.45) is 0 Å². The first-order valence-electron chi connectivity index (χ1n) is 5.09. The normalized spacial score (nSPS) is 9.93. The van der Waals surface area contributed by atoms with Crippen LogP contribution < -0.4 is 5.32 Å². The molecule has 1 amide bonds. The molecule has 0 bridgehead atoms. The lowest BCUT2D eigenvalue weighted by Gasteiger charge is -2.03. The summed E-state index contributed by atoms with van der Waals surface area (Å²) in [6.45, 7) is 0.737. The summed E-state index contributed by atoms with van der Waals surface area (Å²) in [5.74, 6) is -0.0399. The minimum Gasteiger partial charge on any atom is -0.352 e. The van der Waals surface area contributed by atoms with Gasteiger partial charge in [0.15, 0.2) is 0 Å². The lowest BCUT2D eigenvalue weighted by molar-refractivity contribution is 0.0952. The molecular formula is C11H15BrN2O. The summed E-state index contributed by atoms with van der Waals surface area (Å²) in [6, 6.07) is 3.53. The molecule has 0 atom stereocenters. The highest BCUT2D eigenvalue weighted by molar-refractivity contribution is 9.09. The Bertz CT molecular complexity index is 290. The van der Waals surface area contributed by atoms with Crippen molar-refractivity contribution in [3.8, 4) is 0 Å². The van der Waals surface area contributed by atoms with Crippen molar-refractivity contribution < 1.29 is 4.79 Å². The lowest BCUT2D eigenvalue weighted by Crippen LogP contribution is -2.24. The predicted octanol–water partition coefficient (Wildman–Crippen LogP) is 2.38. The molecule has 82 valence electrons. The van der Waals surface area contributed by atoms with Crippen LogP contribution in [0.4, 0.5) is 0 Å². The lowest BCUT2D eigenvalue weighted by atomic mass is 10.2. The topological polar surface area (TPSA) is 42.0 Å². The molecule has 1 aromatic rings. The number of pyridine rings is 1. The van der Waals surface area contributed by atoms with E-state index in [2.05, 4.69) is 26.2 Å². The number of nitrogens with zero attached hydrogens (tertiary/aromatic N) is 1. The maximum Gasteiger partial charge on any atom is 0.252 e. The van der Waals surface area contributed by atoms with E-state index in [1.165, 1.54) is 0 Å². The quantitative estimate of drug-likeness (QED) is 0.637. The van der Waals surface area contributed by atoms with Crippen LogP contribution in [0.25, 0.3) is 0 Å². The highest BCUT2D eigenvalue weighted by atomic mass is 79.9. The summed E-state index contributed by atoms with van der Waals surface area (Å²) in [7, 11) is 0. The Labute approximate surface area is 98.4 Å². The fourth-order valence-electron chi connectivity index (χ4n) is 1.20. The molecule has 0 aromatic carbocycles. The Kier molecular flexibility index (Phi) is 6.00. The first-order valence-corrected chi connectivity index (χ1v) is 6.21. The molecule has 15 heavy (non-hydrogen) atoms. The number of halogens is 1. The van der Waals surface area contributed by atoms with Crippen LogP contribution in [0.5, 0.6) is 0 Å². The van der Waals surface area contributed by atoms with Gasteiger partial charge in [-0.1, -0.05) is 22.4 Å². The molecular weight excluding hydrogens is 256 g/mol. The van der Waals surface area contributed by atoms with E-state index in [4.69, 9.17) is 0 Å². The van der Waals surface area contributed by atoms with E-state index in [1.54, 1.807) is 24.5 Å². The second-order valence-electron chi connectivity index (χ2n) is 3.25. The highest BCUT2D eigenvalue weighted by Gasteiger charge is 2.02. The smallest absolute Gasteiger partial charge is 0.252 e. The van der Waals surface area contributed by atoms with E-state index >= 15 is 0 Å². The third kappa shape index (κ3) is 4.93. The Hall–Kier alpha value is -0.900. The van der Waals surface area contributed by atoms with Gasteiger partial charge in [-0.05, 0) is 25.0 Å². The van der Waals surface area contributed by atoms with Crippen LogP contribution in [0.15, 0.2) is 24.5 Å². The van der Waals surface area contributed by atoms with Crippen LogP contribution in [-0.2, 0) is 0 Å². The zero-order chi connectivity index (χ0) is 10.9. The van der Waals surface area contributed by atoms with Crippen molar-refractivity contribution in [2.75, 3.05) is 11.9 Å². The van der Waals surface area contributed by atoms with E-state index < -0.39 is 0 Å². The van der Waals surface area contributed by atoms with Gasteiger partial charge in [0.2, 0.25) is 0 Å². The molecule has 0 fully saturated rings. The van der Waals surface area contributed by atoms with Crippen molar-refractivity contribution in [2.45, 2.75) is 19.3 Å². The maximum absolute atomic E-state index is 11.5. The minimum absolute atomic E-state index is 0.0399. The Morgan fingerprint density at radius 3 is 2.93 bits per heavy atom. The number of unbranched alkanes of at least 4 members (excludes halogenated alkanes) is 2. The van der Waals surface area contributed by atoms with E-state index in [9.17, 15) is 4.79 Å². The van der Waals surface area contributed by atoms with Crippen LogP contribution in [0.1, 0.15) is 29.6 Å². The van der Waals surface area contributed by atoms with E-state index in [0.717, 1.165) is 31.1 Å². The fourth-order valence-corrected chi connectivity index (χ4v) is 1.59. The van der Waals surface area contributed by atoms with Gasteiger partial charge in [-0.25, -0.2) is 0 Å². The molecule has 4 heteroatoms. The first-order chi connectivity index (χ1) is 7.34. The molecule has 0 unspecified atom stereocenters. The van der Waals surface area contributed by atoms with Gasteiger partial charge in [0.25, 0.3) is 5.91 Å². The summed E-state index contributed by atoms with van der Waals surface area (Å²) >= 11 is 3.37. The molecule has 3 nitrogen and oxygen atoms in total. The number of alkyl halides is 1. The summed E-state index contributed by atoms with van der Waals surface area (Å²) in [4.78, 5) is 15.4. The largest absolute Gasteiger partial charge is 0.352 e. The molecule has 0 aliphatic heterocycles. The third-order valence-electron chi connectivity index (χ3n) is 2.02. The van der Waals surface area contributed by atoms with Crippen LogP contribution >= 0.6 is 15.9 Å². The van der Waals surface area contributed by atoms with E-state index in [0.29, 0.717) is 5.56 Å². The van der Waals surface area contributed by atoms with Gasteiger partial charge < -0.3 is 5.32 Å². The fraction of sp³-hybridized carbons (Fsp3) is 0.455. The van der Waals surface area contributed by atoms with Crippen LogP contribution in [0.3, 0.4) is 0 Å². The number of hydrogen-bond acceptors (Lipinski definition) is 2. The molecule has 0 aliphatic carbocycles. The van der Waals surface area contributed by atoms with Crippen molar-refractivity contribution >= 4 is 21.8 Å². The van der Waals surface area contributed by atoms with Gasteiger partial charge in [-0.3, -0.25) is 9.78 Å². The van der Waals surface area contributed by atoms with Gasteiger partial charge in [-0.2, -0.15) is 0 Å². The van der Waals surface area contributed by atoms with Crippen LogP contribution in [-0.4, -0.2) is 22.8 Å². The second kappa shape index (κ2) is 7.40. The van der Waals surface area contributed by atoms with Crippen LogP contribution in [0, 0.1) is 0 Å². The number of hydrogen-bond donors (Lipinski definition) is 1. The molecule has 1 aromatic heterocycles. The average molecular weight is 271 g/mol. The minimum atomic E-state index is -0.0399. The van der Waals surface area contributed by atoms with Crippen molar-refractivity contribution in [1.29, 1.82) is 0 Å². The van der Waals surface area contributed by atoms with Crippen LogP contribution in [0.2, 0.25) is 0 Å². The van der Waals surface area contributed by atoms with Gasteiger partial charge >= 0.3 is 0 Å². The van der Waals surface area contributed by atoms with Crippen molar-refractivity contribution in [3.05, 3.63) is 30.1 Å². The molecule has 1 heterocycles. The molecule has 0 saturated carbocycles. The number of carbonyl (C=O) groups excluding carboxylic acids is 1. The average Bonchev–Trinajstić information content (AvgIpc) is 2.30. The summed E-state index contributed by atoms with van der Waals surface area (Å²) in [5, 5.41) is 3.89. The standard InChI is InChI=1S/C11H15BrN2O/c12-6-2-1-3-8-14-11(15)10-5-4-7-13-9-10/h4-5,7,9H,1-3,6,8H2,(H,14,15). The number of carbonyl (C=O) groups is 1. The second-order valence-corrected chi connectivity index (χ2v) is 4.04. The van der Waals surface area contributed by atoms with Gasteiger partial charge in [-0.15, -0.1) is 0 Å².